The fraction of sp³-hybridized carbons (Fsp3) is 0.444. The van der Waals surface area contributed by atoms with Gasteiger partial charge in [-0.05, 0) is 31.2 Å². The third kappa shape index (κ3) is 4.96. The minimum atomic E-state index is 0.133. The Kier molecular flexibility index (Phi) is 6.34. The summed E-state index contributed by atoms with van der Waals surface area (Å²) in [6.45, 7) is 4.03. The van der Waals surface area contributed by atoms with Gasteiger partial charge in [0.25, 0.3) is 0 Å². The summed E-state index contributed by atoms with van der Waals surface area (Å²) < 4.78 is 10.7. The van der Waals surface area contributed by atoms with Gasteiger partial charge in [-0.15, -0.1) is 23.1 Å². The molecule has 1 saturated heterocycles. The lowest BCUT2D eigenvalue weighted by molar-refractivity contribution is -0.135. The highest BCUT2D eigenvalue weighted by Gasteiger charge is 2.21. The van der Waals surface area contributed by atoms with Crippen LogP contribution in [0, 0.1) is 0 Å². The molecular formula is C18H22N2O3S2. The summed E-state index contributed by atoms with van der Waals surface area (Å²) in [6.07, 6.45) is 0.133. The molecule has 134 valence electrons. The number of carbonyl (C=O) groups is 1. The number of aromatic nitrogens is 1. The molecule has 0 aliphatic carbocycles. The SMILES string of the molecule is COc1ccc(-c2nc(CSCC(=O)N3CCO[C@H](C)C3)cs2)cc1. The third-order valence-electron chi connectivity index (χ3n) is 3.96. The van der Waals surface area contributed by atoms with Crippen LogP contribution in [0.15, 0.2) is 29.6 Å². The zero-order valence-electron chi connectivity index (χ0n) is 14.4. The Balaban J connectivity index is 1.49. The number of rotatable bonds is 6. The van der Waals surface area contributed by atoms with E-state index in [9.17, 15) is 4.79 Å². The number of benzene rings is 1. The number of ether oxygens (including phenoxy) is 2. The van der Waals surface area contributed by atoms with Gasteiger partial charge in [-0.2, -0.15) is 0 Å². The molecule has 7 heteroatoms. The van der Waals surface area contributed by atoms with E-state index in [4.69, 9.17) is 9.47 Å². The standard InChI is InChI=1S/C18H22N2O3S2/c1-13-9-20(7-8-23-13)17(21)12-24-10-15-11-25-18(19-15)14-3-5-16(22-2)6-4-14/h3-6,11,13H,7-10,12H2,1-2H3/t13-/m1/s1. The van der Waals surface area contributed by atoms with Crippen LogP contribution in [0.25, 0.3) is 10.6 Å². The molecule has 1 atom stereocenters. The Labute approximate surface area is 156 Å². The molecule has 0 N–H and O–H groups in total. The van der Waals surface area contributed by atoms with E-state index in [0.717, 1.165) is 27.8 Å². The van der Waals surface area contributed by atoms with Crippen LogP contribution in [0.4, 0.5) is 0 Å². The largest absolute Gasteiger partial charge is 0.497 e. The monoisotopic (exact) mass is 378 g/mol. The lowest BCUT2D eigenvalue weighted by atomic mass is 10.2. The van der Waals surface area contributed by atoms with Crippen molar-refractivity contribution in [2.75, 3.05) is 32.6 Å². The Morgan fingerprint density at radius 1 is 1.44 bits per heavy atom. The Morgan fingerprint density at radius 2 is 2.24 bits per heavy atom. The molecule has 1 amide bonds. The van der Waals surface area contributed by atoms with Crippen molar-refractivity contribution in [3.63, 3.8) is 0 Å². The highest BCUT2D eigenvalue weighted by molar-refractivity contribution is 7.99. The highest BCUT2D eigenvalue weighted by atomic mass is 32.2. The molecule has 3 rings (SSSR count). The fourth-order valence-electron chi connectivity index (χ4n) is 2.62. The highest BCUT2D eigenvalue weighted by Crippen LogP contribution is 2.27. The maximum absolute atomic E-state index is 12.2. The molecule has 0 unspecified atom stereocenters. The van der Waals surface area contributed by atoms with Gasteiger partial charge in [0.2, 0.25) is 5.91 Å². The van der Waals surface area contributed by atoms with Gasteiger partial charge in [-0.1, -0.05) is 0 Å². The molecule has 0 radical (unpaired) electrons. The summed E-state index contributed by atoms with van der Waals surface area (Å²) in [5.41, 5.74) is 2.10. The number of nitrogens with zero attached hydrogens (tertiary/aromatic N) is 2. The molecular weight excluding hydrogens is 356 g/mol. The molecule has 5 nitrogen and oxygen atoms in total. The van der Waals surface area contributed by atoms with Crippen molar-refractivity contribution in [1.29, 1.82) is 0 Å². The summed E-state index contributed by atoms with van der Waals surface area (Å²) in [5.74, 6) is 2.26. The quantitative estimate of drug-likeness (QED) is 0.772. The Morgan fingerprint density at radius 3 is 2.96 bits per heavy atom. The van der Waals surface area contributed by atoms with E-state index < -0.39 is 0 Å². The van der Waals surface area contributed by atoms with Crippen LogP contribution in [0.3, 0.4) is 0 Å². The summed E-state index contributed by atoms with van der Waals surface area (Å²) in [7, 11) is 1.66. The topological polar surface area (TPSA) is 51.7 Å². The molecule has 0 saturated carbocycles. The first kappa shape index (κ1) is 18.2. The maximum Gasteiger partial charge on any atom is 0.232 e. The van der Waals surface area contributed by atoms with E-state index in [0.29, 0.717) is 25.4 Å². The van der Waals surface area contributed by atoms with Crippen molar-refractivity contribution in [2.45, 2.75) is 18.8 Å². The summed E-state index contributed by atoms with van der Waals surface area (Å²) in [5, 5.41) is 3.06. The molecule has 0 bridgehead atoms. The van der Waals surface area contributed by atoms with Gasteiger partial charge in [0, 0.05) is 29.8 Å². The summed E-state index contributed by atoms with van der Waals surface area (Å²) in [6, 6.07) is 7.90. The van der Waals surface area contributed by atoms with Crippen LogP contribution >= 0.6 is 23.1 Å². The van der Waals surface area contributed by atoms with Crippen molar-refractivity contribution < 1.29 is 14.3 Å². The van der Waals surface area contributed by atoms with E-state index in [2.05, 4.69) is 10.4 Å². The predicted octanol–water partition coefficient (Wildman–Crippen LogP) is 3.30. The van der Waals surface area contributed by atoms with Crippen molar-refractivity contribution in [3.8, 4) is 16.3 Å². The lowest BCUT2D eigenvalue weighted by Gasteiger charge is -2.31. The van der Waals surface area contributed by atoms with Crippen molar-refractivity contribution in [1.82, 2.24) is 9.88 Å². The molecule has 1 aromatic heterocycles. The minimum Gasteiger partial charge on any atom is -0.497 e. The Bertz CT molecular complexity index is 703. The predicted molar refractivity (Wildman–Crippen MR) is 102 cm³/mol. The summed E-state index contributed by atoms with van der Waals surface area (Å²) in [4.78, 5) is 18.8. The third-order valence-corrected chi connectivity index (χ3v) is 5.85. The summed E-state index contributed by atoms with van der Waals surface area (Å²) >= 11 is 3.24. The van der Waals surface area contributed by atoms with Gasteiger partial charge in [0.05, 0.1) is 31.3 Å². The molecule has 1 aromatic carbocycles. The number of hydrogen-bond acceptors (Lipinski definition) is 6. The van der Waals surface area contributed by atoms with Gasteiger partial charge in [-0.25, -0.2) is 4.98 Å². The molecule has 25 heavy (non-hydrogen) atoms. The van der Waals surface area contributed by atoms with Crippen molar-refractivity contribution in [3.05, 3.63) is 35.3 Å². The molecule has 0 spiro atoms. The number of amides is 1. The van der Waals surface area contributed by atoms with Crippen LogP contribution in [0.5, 0.6) is 5.75 Å². The van der Waals surface area contributed by atoms with Crippen LogP contribution in [0.1, 0.15) is 12.6 Å². The van der Waals surface area contributed by atoms with Crippen LogP contribution in [-0.2, 0) is 15.3 Å². The van der Waals surface area contributed by atoms with Gasteiger partial charge in [0.1, 0.15) is 10.8 Å². The van der Waals surface area contributed by atoms with Crippen molar-refractivity contribution in [2.24, 2.45) is 0 Å². The zero-order chi connectivity index (χ0) is 17.6. The van der Waals surface area contributed by atoms with Gasteiger partial charge in [-0.3, -0.25) is 4.79 Å². The van der Waals surface area contributed by atoms with Gasteiger partial charge in [0.15, 0.2) is 0 Å². The first-order chi connectivity index (χ1) is 12.2. The molecule has 1 aliphatic heterocycles. The second-order valence-electron chi connectivity index (χ2n) is 5.89. The smallest absolute Gasteiger partial charge is 0.232 e. The molecule has 2 heterocycles. The Hall–Kier alpha value is -1.57. The van der Waals surface area contributed by atoms with Crippen molar-refractivity contribution >= 4 is 29.0 Å². The number of methoxy groups -OCH3 is 1. The van der Waals surface area contributed by atoms with E-state index in [-0.39, 0.29) is 12.0 Å². The lowest BCUT2D eigenvalue weighted by Crippen LogP contribution is -2.45. The number of thiazole rings is 1. The van der Waals surface area contributed by atoms with E-state index >= 15 is 0 Å². The zero-order valence-corrected chi connectivity index (χ0v) is 16.1. The second kappa shape index (κ2) is 8.69. The average molecular weight is 379 g/mol. The van der Waals surface area contributed by atoms with E-state index in [1.807, 2.05) is 36.1 Å². The van der Waals surface area contributed by atoms with Crippen LogP contribution in [-0.4, -0.2) is 54.5 Å². The molecule has 1 fully saturated rings. The maximum atomic E-state index is 12.2. The molecule has 1 aliphatic rings. The fourth-order valence-corrected chi connectivity index (χ4v) is 4.37. The first-order valence-electron chi connectivity index (χ1n) is 8.21. The first-order valence-corrected chi connectivity index (χ1v) is 10.2. The van der Waals surface area contributed by atoms with Crippen LogP contribution < -0.4 is 4.74 Å². The number of carbonyl (C=O) groups excluding carboxylic acids is 1. The normalized spacial score (nSPS) is 17.5. The number of thioether (sulfide) groups is 1. The molecule has 2 aromatic rings. The van der Waals surface area contributed by atoms with Gasteiger partial charge >= 0.3 is 0 Å². The van der Waals surface area contributed by atoms with Gasteiger partial charge < -0.3 is 14.4 Å². The van der Waals surface area contributed by atoms with Crippen LogP contribution in [0.2, 0.25) is 0 Å². The number of morpholine rings is 1. The van der Waals surface area contributed by atoms with E-state index in [1.165, 1.54) is 0 Å². The average Bonchev–Trinajstić information content (AvgIpc) is 3.10. The second-order valence-corrected chi connectivity index (χ2v) is 7.73. The minimum absolute atomic E-state index is 0.133. The number of hydrogen-bond donors (Lipinski definition) is 0. The van der Waals surface area contributed by atoms with E-state index in [1.54, 1.807) is 30.2 Å².